The molecule has 1 aliphatic carbocycles. The Morgan fingerprint density at radius 3 is 2.75 bits per heavy atom. The molecule has 0 N–H and O–H groups in total. The van der Waals surface area contributed by atoms with Crippen LogP contribution in [-0.4, -0.2) is 46.3 Å². The van der Waals surface area contributed by atoms with Crippen molar-refractivity contribution in [3.05, 3.63) is 28.4 Å². The highest BCUT2D eigenvalue weighted by Crippen LogP contribution is 2.35. The van der Waals surface area contributed by atoms with E-state index in [2.05, 4.69) is 14.9 Å². The molecule has 176 valence electrons. The highest BCUT2D eigenvalue weighted by Gasteiger charge is 2.28. The average Bonchev–Trinajstić information content (AvgIpc) is 3.36. The van der Waals surface area contributed by atoms with Crippen LogP contribution >= 0.6 is 11.3 Å². The Hall–Kier alpha value is -1.87. The maximum absolute atomic E-state index is 13.0. The lowest BCUT2D eigenvalue weighted by Crippen LogP contribution is -2.32. The maximum atomic E-state index is 13.0. The second-order valence-electron chi connectivity index (χ2n) is 9.30. The number of hydrogen-bond acceptors (Lipinski definition) is 7. The van der Waals surface area contributed by atoms with E-state index in [0.29, 0.717) is 34.9 Å². The van der Waals surface area contributed by atoms with E-state index < -0.39 is 12.5 Å². The van der Waals surface area contributed by atoms with Gasteiger partial charge in [0.1, 0.15) is 0 Å². The van der Waals surface area contributed by atoms with Crippen LogP contribution in [0.15, 0.2) is 10.8 Å². The van der Waals surface area contributed by atoms with Gasteiger partial charge in [0.25, 0.3) is 11.1 Å². The number of ketones is 1. The molecule has 2 aromatic heterocycles. The number of carbonyl (C=O) groups excluding carboxylic acids is 1. The van der Waals surface area contributed by atoms with E-state index >= 15 is 0 Å². The Morgan fingerprint density at radius 1 is 1.31 bits per heavy atom. The number of aromatic nitrogens is 2. The molecule has 4 rings (SSSR count). The zero-order valence-electron chi connectivity index (χ0n) is 18.7. The summed E-state index contributed by atoms with van der Waals surface area (Å²) in [5.41, 5.74) is 1.65. The molecule has 9 heteroatoms. The Kier molecular flexibility index (Phi) is 7.24. The molecular formula is C23H31F2N3O3S. The fraction of sp³-hybridized carbons (Fsp3) is 0.696. The molecular weight excluding hydrogens is 436 g/mol. The fourth-order valence-electron chi connectivity index (χ4n) is 4.68. The summed E-state index contributed by atoms with van der Waals surface area (Å²) in [5, 5.41) is 0.353. The topological polar surface area (TPSA) is 68.5 Å². The molecule has 1 aliphatic heterocycles. The SMILES string of the molecule is Cc1ncoc1C(=O)CC1CCC(CCN2CCc3sc(OCC(C)(F)F)nc3C2)CC1. The highest BCUT2D eigenvalue weighted by molar-refractivity contribution is 7.13. The van der Waals surface area contributed by atoms with Gasteiger partial charge >= 0.3 is 0 Å². The molecule has 0 bridgehead atoms. The molecule has 0 spiro atoms. The van der Waals surface area contributed by atoms with Crippen molar-refractivity contribution in [1.29, 1.82) is 0 Å². The minimum atomic E-state index is -2.85. The summed E-state index contributed by atoms with van der Waals surface area (Å²) in [6.45, 7) is 4.78. The van der Waals surface area contributed by atoms with Crippen LogP contribution in [0, 0.1) is 18.8 Å². The Morgan fingerprint density at radius 2 is 2.06 bits per heavy atom. The lowest BCUT2D eigenvalue weighted by molar-refractivity contribution is -0.0230. The largest absolute Gasteiger partial charge is 0.464 e. The van der Waals surface area contributed by atoms with Gasteiger partial charge in [0.05, 0.1) is 11.4 Å². The number of ether oxygens (including phenoxy) is 1. The van der Waals surface area contributed by atoms with Crippen molar-refractivity contribution >= 4 is 17.1 Å². The molecule has 6 nitrogen and oxygen atoms in total. The molecule has 0 amide bonds. The summed E-state index contributed by atoms with van der Waals surface area (Å²) in [5.74, 6) is -1.24. The number of oxazole rings is 1. The average molecular weight is 468 g/mol. The van der Waals surface area contributed by atoms with Crippen LogP contribution in [0.2, 0.25) is 0 Å². The number of alkyl halides is 2. The second kappa shape index (κ2) is 9.95. The van der Waals surface area contributed by atoms with Crippen molar-refractivity contribution in [2.24, 2.45) is 11.8 Å². The predicted octanol–water partition coefficient (Wildman–Crippen LogP) is 5.30. The number of fused-ring (bicyclic) bond motifs is 1. The summed E-state index contributed by atoms with van der Waals surface area (Å²) in [7, 11) is 0. The molecule has 1 saturated carbocycles. The number of nitrogens with zero attached hydrogens (tertiary/aromatic N) is 3. The van der Waals surface area contributed by atoms with Gasteiger partial charge in [-0.2, -0.15) is 0 Å². The number of Topliss-reactive ketones (excluding diaryl/α,β-unsaturated/α-hetero) is 1. The van der Waals surface area contributed by atoms with Gasteiger partial charge in [0.2, 0.25) is 0 Å². The number of hydrogen-bond donors (Lipinski definition) is 0. The first-order valence-corrected chi connectivity index (χ1v) is 12.2. The quantitative estimate of drug-likeness (QED) is 0.466. The second-order valence-corrected chi connectivity index (χ2v) is 10.4. The van der Waals surface area contributed by atoms with E-state index in [-0.39, 0.29) is 5.78 Å². The zero-order chi connectivity index (χ0) is 22.7. The normalized spacial score (nSPS) is 22.0. The molecule has 0 radical (unpaired) electrons. The van der Waals surface area contributed by atoms with E-state index in [1.807, 2.05) is 0 Å². The van der Waals surface area contributed by atoms with Crippen LogP contribution in [0.5, 0.6) is 5.19 Å². The van der Waals surface area contributed by atoms with Crippen molar-refractivity contribution in [3.63, 3.8) is 0 Å². The van der Waals surface area contributed by atoms with E-state index in [0.717, 1.165) is 75.7 Å². The minimum absolute atomic E-state index is 0.0711. The van der Waals surface area contributed by atoms with E-state index in [1.165, 1.54) is 17.7 Å². The fourth-order valence-corrected chi connectivity index (χ4v) is 5.59. The Labute approximate surface area is 191 Å². The van der Waals surface area contributed by atoms with Crippen molar-refractivity contribution in [1.82, 2.24) is 14.9 Å². The van der Waals surface area contributed by atoms with Gasteiger partial charge < -0.3 is 9.15 Å². The van der Waals surface area contributed by atoms with Gasteiger partial charge in [-0.3, -0.25) is 9.69 Å². The minimum Gasteiger partial charge on any atom is -0.464 e. The predicted molar refractivity (Wildman–Crippen MR) is 117 cm³/mol. The van der Waals surface area contributed by atoms with Crippen molar-refractivity contribution < 1.29 is 22.7 Å². The van der Waals surface area contributed by atoms with Crippen molar-refractivity contribution in [2.45, 2.75) is 71.3 Å². The van der Waals surface area contributed by atoms with E-state index in [4.69, 9.17) is 9.15 Å². The van der Waals surface area contributed by atoms with Crippen LogP contribution in [0.3, 0.4) is 0 Å². The van der Waals surface area contributed by atoms with Crippen molar-refractivity contribution in [3.8, 4) is 5.19 Å². The molecule has 2 aliphatic rings. The Balaban J connectivity index is 1.18. The summed E-state index contributed by atoms with van der Waals surface area (Å²) in [6.07, 6.45) is 8.42. The maximum Gasteiger partial charge on any atom is 0.278 e. The first-order chi connectivity index (χ1) is 15.3. The standard InChI is InChI=1S/C23H31F2N3O3S/c1-15-21(31-14-26-15)19(29)11-17-5-3-16(4-6-17)7-9-28-10-8-20-18(12-28)27-22(32-20)30-13-23(2,24)25/h14,16-17H,3-13H2,1-2H3. The molecule has 3 heterocycles. The number of carbonyl (C=O) groups is 1. The van der Waals surface area contributed by atoms with Crippen LogP contribution in [0.25, 0.3) is 0 Å². The molecule has 0 atom stereocenters. The lowest BCUT2D eigenvalue weighted by atomic mass is 9.78. The van der Waals surface area contributed by atoms with E-state index in [1.54, 1.807) is 6.92 Å². The van der Waals surface area contributed by atoms with Gasteiger partial charge in [0.15, 0.2) is 24.5 Å². The third-order valence-corrected chi connectivity index (χ3v) is 7.60. The third-order valence-electron chi connectivity index (χ3n) is 6.53. The molecule has 0 saturated heterocycles. The summed E-state index contributed by atoms with van der Waals surface area (Å²) in [4.78, 5) is 24.4. The highest BCUT2D eigenvalue weighted by atomic mass is 32.1. The van der Waals surface area contributed by atoms with Crippen LogP contribution in [0.4, 0.5) is 8.78 Å². The van der Waals surface area contributed by atoms with Gasteiger partial charge in [0, 0.05) is 31.3 Å². The van der Waals surface area contributed by atoms with E-state index in [9.17, 15) is 13.6 Å². The Bertz CT molecular complexity index is 916. The number of aryl methyl sites for hydroxylation is 1. The number of rotatable bonds is 9. The molecule has 0 aromatic carbocycles. The monoisotopic (exact) mass is 467 g/mol. The van der Waals surface area contributed by atoms with Gasteiger partial charge in [-0.25, -0.2) is 18.7 Å². The first kappa shape index (κ1) is 23.3. The summed E-state index contributed by atoms with van der Waals surface area (Å²) >= 11 is 1.40. The first-order valence-electron chi connectivity index (χ1n) is 11.4. The number of thiazole rings is 1. The third kappa shape index (κ3) is 6.13. The van der Waals surface area contributed by atoms with Gasteiger partial charge in [-0.05, 0) is 51.0 Å². The lowest BCUT2D eigenvalue weighted by Gasteiger charge is -2.31. The zero-order valence-corrected chi connectivity index (χ0v) is 19.6. The molecule has 1 fully saturated rings. The smallest absolute Gasteiger partial charge is 0.278 e. The van der Waals surface area contributed by atoms with Gasteiger partial charge in [-0.15, -0.1) is 0 Å². The van der Waals surface area contributed by atoms with Crippen molar-refractivity contribution in [2.75, 3.05) is 19.7 Å². The molecule has 32 heavy (non-hydrogen) atoms. The van der Waals surface area contributed by atoms with Crippen LogP contribution in [-0.2, 0) is 13.0 Å². The molecule has 0 unspecified atom stereocenters. The molecule has 2 aromatic rings. The van der Waals surface area contributed by atoms with Crippen LogP contribution < -0.4 is 4.74 Å². The summed E-state index contributed by atoms with van der Waals surface area (Å²) < 4.78 is 36.5. The van der Waals surface area contributed by atoms with Gasteiger partial charge in [-0.1, -0.05) is 24.2 Å². The number of halogens is 2. The summed E-state index contributed by atoms with van der Waals surface area (Å²) in [6, 6.07) is 0. The van der Waals surface area contributed by atoms with Crippen LogP contribution in [0.1, 0.15) is 72.3 Å².